The zero-order chi connectivity index (χ0) is 10.0. The van der Waals surface area contributed by atoms with Gasteiger partial charge in [0.25, 0.3) is 0 Å². The molecule has 1 saturated carbocycles. The van der Waals surface area contributed by atoms with Crippen molar-refractivity contribution in [3.63, 3.8) is 0 Å². The fourth-order valence-corrected chi connectivity index (χ4v) is 2.42. The molecule has 2 heteroatoms. The molecule has 82 valence electrons. The molecule has 1 atom stereocenters. The van der Waals surface area contributed by atoms with Crippen LogP contribution in [0.5, 0.6) is 0 Å². The molecule has 1 aliphatic heterocycles. The fraction of sp³-hybridized carbons (Fsp3) is 1.00. The molecule has 1 aliphatic carbocycles. The Hall–Kier alpha value is -0.0800. The van der Waals surface area contributed by atoms with Gasteiger partial charge in [-0.2, -0.15) is 0 Å². The molecule has 14 heavy (non-hydrogen) atoms. The van der Waals surface area contributed by atoms with Crippen LogP contribution in [0.3, 0.4) is 0 Å². The van der Waals surface area contributed by atoms with Crippen molar-refractivity contribution in [2.24, 2.45) is 0 Å². The minimum absolute atomic E-state index is 0.0170. The normalized spacial score (nSPS) is 29.1. The largest absolute Gasteiger partial charge is 0.373 e. The van der Waals surface area contributed by atoms with Gasteiger partial charge in [-0.05, 0) is 26.7 Å². The monoisotopic (exact) mass is 198 g/mol. The van der Waals surface area contributed by atoms with Crippen LogP contribution >= 0.6 is 0 Å². The lowest BCUT2D eigenvalue weighted by Crippen LogP contribution is -2.33. The van der Waals surface area contributed by atoms with Crippen molar-refractivity contribution in [2.75, 3.05) is 6.61 Å². The Morgan fingerprint density at radius 3 is 2.43 bits per heavy atom. The average molecular weight is 198 g/mol. The van der Waals surface area contributed by atoms with Gasteiger partial charge in [-0.25, -0.2) is 0 Å². The zero-order valence-corrected chi connectivity index (χ0v) is 9.42. The summed E-state index contributed by atoms with van der Waals surface area (Å²) in [5, 5.41) is 0. The van der Waals surface area contributed by atoms with Gasteiger partial charge < -0.3 is 9.47 Å². The van der Waals surface area contributed by atoms with Crippen molar-refractivity contribution in [1.82, 2.24) is 0 Å². The highest BCUT2D eigenvalue weighted by molar-refractivity contribution is 4.82. The van der Waals surface area contributed by atoms with Gasteiger partial charge in [0, 0.05) is 6.42 Å². The Kier molecular flexibility index (Phi) is 3.13. The lowest BCUT2D eigenvalue weighted by atomic mass is 9.95. The summed E-state index contributed by atoms with van der Waals surface area (Å²) in [6.45, 7) is 5.34. The summed E-state index contributed by atoms with van der Waals surface area (Å²) >= 11 is 0. The Balaban J connectivity index is 1.75. The Bertz CT molecular complexity index is 179. The Labute approximate surface area is 87.0 Å². The van der Waals surface area contributed by atoms with Crippen LogP contribution in [0.25, 0.3) is 0 Å². The summed E-state index contributed by atoms with van der Waals surface area (Å²) in [7, 11) is 0. The molecule has 2 aliphatic rings. The smallest absolute Gasteiger partial charge is 0.0837 e. The van der Waals surface area contributed by atoms with Crippen LogP contribution in [-0.2, 0) is 9.47 Å². The van der Waals surface area contributed by atoms with E-state index in [2.05, 4.69) is 13.8 Å². The van der Waals surface area contributed by atoms with E-state index >= 15 is 0 Å². The van der Waals surface area contributed by atoms with E-state index in [4.69, 9.17) is 9.47 Å². The quantitative estimate of drug-likeness (QED) is 0.648. The van der Waals surface area contributed by atoms with Crippen molar-refractivity contribution in [3.05, 3.63) is 0 Å². The van der Waals surface area contributed by atoms with Gasteiger partial charge in [-0.1, -0.05) is 19.3 Å². The molecule has 0 aromatic rings. The lowest BCUT2D eigenvalue weighted by molar-refractivity contribution is -0.0909. The van der Waals surface area contributed by atoms with E-state index in [-0.39, 0.29) is 5.60 Å². The van der Waals surface area contributed by atoms with E-state index in [1.54, 1.807) is 0 Å². The van der Waals surface area contributed by atoms with E-state index < -0.39 is 0 Å². The zero-order valence-electron chi connectivity index (χ0n) is 9.42. The summed E-state index contributed by atoms with van der Waals surface area (Å²) < 4.78 is 11.4. The highest BCUT2D eigenvalue weighted by Gasteiger charge is 2.33. The molecule has 2 rings (SSSR count). The second-order valence-electron chi connectivity index (χ2n) is 5.30. The Morgan fingerprint density at radius 1 is 1.21 bits per heavy atom. The van der Waals surface area contributed by atoms with Crippen molar-refractivity contribution in [3.8, 4) is 0 Å². The van der Waals surface area contributed by atoms with Crippen LogP contribution in [0.15, 0.2) is 0 Å². The van der Waals surface area contributed by atoms with Crippen LogP contribution < -0.4 is 0 Å². The third-order valence-electron chi connectivity index (χ3n) is 3.16. The van der Waals surface area contributed by atoms with Crippen molar-refractivity contribution in [1.29, 1.82) is 0 Å². The molecular formula is C12H22O2. The molecule has 0 spiro atoms. The van der Waals surface area contributed by atoms with Crippen molar-refractivity contribution >= 4 is 0 Å². The molecule has 0 aromatic carbocycles. The third kappa shape index (κ3) is 3.25. The molecule has 0 amide bonds. The first kappa shape index (κ1) is 10.4. The summed E-state index contributed by atoms with van der Waals surface area (Å²) in [6.07, 6.45) is 8.66. The SMILES string of the molecule is CC(C)(CC1CO1)OC1CCCCC1. The van der Waals surface area contributed by atoms with E-state index in [0.29, 0.717) is 12.2 Å². The van der Waals surface area contributed by atoms with Gasteiger partial charge in [0.15, 0.2) is 0 Å². The van der Waals surface area contributed by atoms with E-state index in [1.807, 2.05) is 0 Å². The van der Waals surface area contributed by atoms with Crippen LogP contribution in [0, 0.1) is 0 Å². The predicted octanol–water partition coefficient (Wildman–Crippen LogP) is 2.90. The van der Waals surface area contributed by atoms with Gasteiger partial charge >= 0.3 is 0 Å². The first-order valence-electron chi connectivity index (χ1n) is 5.95. The predicted molar refractivity (Wildman–Crippen MR) is 56.4 cm³/mol. The first-order chi connectivity index (χ1) is 6.66. The summed E-state index contributed by atoms with van der Waals surface area (Å²) in [5.74, 6) is 0. The van der Waals surface area contributed by atoms with Crippen LogP contribution in [0.1, 0.15) is 52.4 Å². The molecule has 2 fully saturated rings. The number of hydrogen-bond acceptors (Lipinski definition) is 2. The van der Waals surface area contributed by atoms with Crippen molar-refractivity contribution in [2.45, 2.75) is 70.2 Å². The summed E-state index contributed by atoms with van der Waals surface area (Å²) in [6, 6.07) is 0. The molecule has 1 heterocycles. The molecule has 1 unspecified atom stereocenters. The molecule has 2 nitrogen and oxygen atoms in total. The maximum atomic E-state index is 6.15. The van der Waals surface area contributed by atoms with Crippen LogP contribution in [0.4, 0.5) is 0 Å². The molecular weight excluding hydrogens is 176 g/mol. The maximum Gasteiger partial charge on any atom is 0.0837 e. The number of hydrogen-bond donors (Lipinski definition) is 0. The highest BCUT2D eigenvalue weighted by Crippen LogP contribution is 2.30. The van der Waals surface area contributed by atoms with Gasteiger partial charge in [0.05, 0.1) is 24.4 Å². The van der Waals surface area contributed by atoms with Crippen LogP contribution in [0.2, 0.25) is 0 Å². The highest BCUT2D eigenvalue weighted by atomic mass is 16.6. The first-order valence-corrected chi connectivity index (χ1v) is 5.95. The second kappa shape index (κ2) is 4.19. The number of epoxide rings is 1. The van der Waals surface area contributed by atoms with Gasteiger partial charge in [-0.3, -0.25) is 0 Å². The molecule has 0 N–H and O–H groups in total. The topological polar surface area (TPSA) is 21.8 Å². The number of rotatable bonds is 4. The van der Waals surface area contributed by atoms with E-state index in [1.165, 1.54) is 32.1 Å². The van der Waals surface area contributed by atoms with Crippen molar-refractivity contribution < 1.29 is 9.47 Å². The second-order valence-corrected chi connectivity index (χ2v) is 5.30. The third-order valence-corrected chi connectivity index (χ3v) is 3.16. The van der Waals surface area contributed by atoms with Gasteiger partial charge in [-0.15, -0.1) is 0 Å². The summed E-state index contributed by atoms with van der Waals surface area (Å²) in [5.41, 5.74) is 0.0170. The summed E-state index contributed by atoms with van der Waals surface area (Å²) in [4.78, 5) is 0. The van der Waals surface area contributed by atoms with Crippen LogP contribution in [-0.4, -0.2) is 24.4 Å². The number of ether oxygens (including phenoxy) is 2. The molecule has 0 bridgehead atoms. The molecule has 1 saturated heterocycles. The Morgan fingerprint density at radius 2 is 1.86 bits per heavy atom. The maximum absolute atomic E-state index is 6.15. The lowest BCUT2D eigenvalue weighted by Gasteiger charge is -2.32. The minimum Gasteiger partial charge on any atom is -0.373 e. The van der Waals surface area contributed by atoms with Gasteiger partial charge in [0.2, 0.25) is 0 Å². The standard InChI is InChI=1S/C12H22O2/c1-12(2,8-11-9-13-11)14-10-6-4-3-5-7-10/h10-11H,3-9H2,1-2H3. The molecule has 0 radical (unpaired) electrons. The van der Waals surface area contributed by atoms with E-state index in [9.17, 15) is 0 Å². The van der Waals surface area contributed by atoms with Gasteiger partial charge in [0.1, 0.15) is 0 Å². The average Bonchev–Trinajstić information content (AvgIpc) is 2.88. The molecule has 0 aromatic heterocycles. The minimum atomic E-state index is 0.0170. The fourth-order valence-electron chi connectivity index (χ4n) is 2.42. The van der Waals surface area contributed by atoms with E-state index in [0.717, 1.165) is 13.0 Å².